The van der Waals surface area contributed by atoms with Crippen LogP contribution >= 0.6 is 0 Å². The zero-order valence-corrected chi connectivity index (χ0v) is 7.73. The van der Waals surface area contributed by atoms with Gasteiger partial charge in [0.25, 0.3) is 0 Å². The van der Waals surface area contributed by atoms with Crippen molar-refractivity contribution in [1.82, 2.24) is 0 Å². The van der Waals surface area contributed by atoms with E-state index in [1.54, 1.807) is 0 Å². The predicted molar refractivity (Wildman–Crippen MR) is 48.0 cm³/mol. The Morgan fingerprint density at radius 2 is 1.60 bits per heavy atom. The first kappa shape index (κ1) is 9.48. The summed E-state index contributed by atoms with van der Waals surface area (Å²) in [7, 11) is 0. The molecule has 0 bridgehead atoms. The molecule has 0 amide bonds. The van der Waals surface area contributed by atoms with Gasteiger partial charge in [-0.1, -0.05) is 31.6 Å². The summed E-state index contributed by atoms with van der Waals surface area (Å²) in [5, 5.41) is 0. The quantitative estimate of drug-likeness (QED) is 0.512. The molecule has 0 aromatic heterocycles. The molecular formula is C10H18. The summed E-state index contributed by atoms with van der Waals surface area (Å²) in [6, 6.07) is 0. The molecule has 0 aliphatic carbocycles. The van der Waals surface area contributed by atoms with E-state index in [0.29, 0.717) is 5.92 Å². The van der Waals surface area contributed by atoms with Gasteiger partial charge >= 0.3 is 0 Å². The molecule has 10 heavy (non-hydrogen) atoms. The fraction of sp³-hybridized carbons (Fsp3) is 0.600. The molecule has 0 N–H and O–H groups in total. The van der Waals surface area contributed by atoms with Crippen molar-refractivity contribution in [3.8, 4) is 0 Å². The highest BCUT2D eigenvalue weighted by molar-refractivity contribution is 5.29. The van der Waals surface area contributed by atoms with Crippen molar-refractivity contribution in [2.75, 3.05) is 0 Å². The second-order valence-electron chi connectivity index (χ2n) is 2.87. The lowest BCUT2D eigenvalue weighted by atomic mass is 9.96. The normalized spacial score (nSPS) is 14.6. The van der Waals surface area contributed by atoms with Crippen LogP contribution in [0.25, 0.3) is 0 Å². The van der Waals surface area contributed by atoms with Crippen molar-refractivity contribution in [2.24, 2.45) is 5.92 Å². The maximum Gasteiger partial charge on any atom is -0.0220 e. The van der Waals surface area contributed by atoms with E-state index in [1.807, 2.05) is 0 Å². The van der Waals surface area contributed by atoms with Crippen molar-refractivity contribution < 1.29 is 0 Å². The summed E-state index contributed by atoms with van der Waals surface area (Å²) in [6.07, 6.45) is 4.36. The smallest absolute Gasteiger partial charge is 0.0220 e. The molecule has 0 heteroatoms. The lowest BCUT2D eigenvalue weighted by Crippen LogP contribution is -1.94. The molecule has 0 fully saturated rings. The zero-order valence-electron chi connectivity index (χ0n) is 7.73. The lowest BCUT2D eigenvalue weighted by Gasteiger charge is -2.10. The second-order valence-corrected chi connectivity index (χ2v) is 2.87. The van der Waals surface area contributed by atoms with Crippen LogP contribution in [0.15, 0.2) is 23.3 Å². The summed E-state index contributed by atoms with van der Waals surface area (Å²) >= 11 is 0. The van der Waals surface area contributed by atoms with Gasteiger partial charge in [0.1, 0.15) is 0 Å². The number of hydrogen-bond acceptors (Lipinski definition) is 0. The first-order valence-electron chi connectivity index (χ1n) is 3.93. The van der Waals surface area contributed by atoms with Crippen LogP contribution in [0.5, 0.6) is 0 Å². The third kappa shape index (κ3) is 2.38. The topological polar surface area (TPSA) is 0 Å². The van der Waals surface area contributed by atoms with Gasteiger partial charge in [-0.2, -0.15) is 0 Å². The molecule has 0 atom stereocenters. The number of rotatable bonds is 2. The van der Waals surface area contributed by atoms with Crippen molar-refractivity contribution in [3.63, 3.8) is 0 Å². The minimum absolute atomic E-state index is 0.654. The molecule has 0 saturated carbocycles. The Morgan fingerprint density at radius 1 is 1.10 bits per heavy atom. The van der Waals surface area contributed by atoms with E-state index in [4.69, 9.17) is 0 Å². The fourth-order valence-electron chi connectivity index (χ4n) is 1.18. The summed E-state index contributed by atoms with van der Waals surface area (Å²) < 4.78 is 0. The van der Waals surface area contributed by atoms with Gasteiger partial charge in [0.2, 0.25) is 0 Å². The monoisotopic (exact) mass is 138 g/mol. The summed E-state index contributed by atoms with van der Waals surface area (Å²) in [5.41, 5.74) is 2.86. The molecule has 0 aromatic rings. The average Bonchev–Trinajstić information content (AvgIpc) is 1.88. The van der Waals surface area contributed by atoms with Crippen LogP contribution in [0.1, 0.15) is 34.6 Å². The standard InChI is InChI=1S/C10H18/c1-6-9(5)10(7-2)8(3)4/h6-8H,1-5H3/b9-6-,10-7-. The summed E-state index contributed by atoms with van der Waals surface area (Å²) in [5.74, 6) is 0.654. The van der Waals surface area contributed by atoms with Crippen molar-refractivity contribution in [2.45, 2.75) is 34.6 Å². The van der Waals surface area contributed by atoms with Crippen LogP contribution in [-0.2, 0) is 0 Å². The Morgan fingerprint density at radius 3 is 1.70 bits per heavy atom. The van der Waals surface area contributed by atoms with Gasteiger partial charge in [-0.05, 0) is 32.3 Å². The van der Waals surface area contributed by atoms with Gasteiger partial charge in [-0.3, -0.25) is 0 Å². The van der Waals surface area contributed by atoms with E-state index < -0.39 is 0 Å². The highest BCUT2D eigenvalue weighted by Gasteiger charge is 2.01. The van der Waals surface area contributed by atoms with Crippen LogP contribution in [0.2, 0.25) is 0 Å². The SMILES string of the molecule is C/C=C(C)\C(=C/C)C(C)C. The molecule has 0 radical (unpaired) electrons. The first-order valence-corrected chi connectivity index (χ1v) is 3.93. The van der Waals surface area contributed by atoms with Gasteiger partial charge in [-0.15, -0.1) is 0 Å². The van der Waals surface area contributed by atoms with E-state index in [0.717, 1.165) is 0 Å². The van der Waals surface area contributed by atoms with E-state index >= 15 is 0 Å². The largest absolute Gasteiger partial charge is 0.0844 e. The molecule has 0 aliphatic heterocycles. The Hall–Kier alpha value is -0.520. The summed E-state index contributed by atoms with van der Waals surface area (Å²) in [4.78, 5) is 0. The maximum atomic E-state index is 2.22. The predicted octanol–water partition coefficient (Wildman–Crippen LogP) is 3.55. The molecule has 0 aromatic carbocycles. The van der Waals surface area contributed by atoms with E-state index in [1.165, 1.54) is 11.1 Å². The highest BCUT2D eigenvalue weighted by atomic mass is 14.1. The van der Waals surface area contributed by atoms with Crippen molar-refractivity contribution in [1.29, 1.82) is 0 Å². The second kappa shape index (κ2) is 4.32. The third-order valence-corrected chi connectivity index (χ3v) is 1.82. The fourth-order valence-corrected chi connectivity index (χ4v) is 1.18. The van der Waals surface area contributed by atoms with Crippen LogP contribution < -0.4 is 0 Å². The molecule has 0 saturated heterocycles. The maximum absolute atomic E-state index is 2.22. The van der Waals surface area contributed by atoms with Crippen molar-refractivity contribution >= 4 is 0 Å². The van der Waals surface area contributed by atoms with Crippen LogP contribution in [0.4, 0.5) is 0 Å². The average molecular weight is 138 g/mol. The Balaban J connectivity index is 4.39. The van der Waals surface area contributed by atoms with Crippen LogP contribution in [0.3, 0.4) is 0 Å². The van der Waals surface area contributed by atoms with E-state index in [2.05, 4.69) is 46.8 Å². The van der Waals surface area contributed by atoms with Crippen molar-refractivity contribution in [3.05, 3.63) is 23.3 Å². The van der Waals surface area contributed by atoms with E-state index in [9.17, 15) is 0 Å². The molecule has 0 aliphatic rings. The number of hydrogen-bond donors (Lipinski definition) is 0. The number of allylic oxidation sites excluding steroid dienone is 4. The van der Waals surface area contributed by atoms with Crippen LogP contribution in [0, 0.1) is 5.92 Å². The van der Waals surface area contributed by atoms with Crippen LogP contribution in [-0.4, -0.2) is 0 Å². The van der Waals surface area contributed by atoms with Gasteiger partial charge in [0.15, 0.2) is 0 Å². The Bertz CT molecular complexity index is 147. The first-order chi connectivity index (χ1) is 4.63. The molecule has 0 heterocycles. The summed E-state index contributed by atoms with van der Waals surface area (Å²) in [6.45, 7) is 10.8. The molecule has 0 unspecified atom stereocenters. The molecular weight excluding hydrogens is 120 g/mol. The minimum atomic E-state index is 0.654. The van der Waals surface area contributed by atoms with Gasteiger partial charge < -0.3 is 0 Å². The minimum Gasteiger partial charge on any atom is -0.0844 e. The van der Waals surface area contributed by atoms with Gasteiger partial charge in [0, 0.05) is 0 Å². The highest BCUT2D eigenvalue weighted by Crippen LogP contribution is 2.17. The molecule has 0 nitrogen and oxygen atoms in total. The molecule has 0 rings (SSSR count). The molecule has 58 valence electrons. The third-order valence-electron chi connectivity index (χ3n) is 1.82. The van der Waals surface area contributed by atoms with E-state index in [-0.39, 0.29) is 0 Å². The molecule has 0 spiro atoms. The van der Waals surface area contributed by atoms with Gasteiger partial charge in [0.05, 0.1) is 0 Å². The Labute approximate surface area is 64.6 Å². The Kier molecular flexibility index (Phi) is 4.10. The van der Waals surface area contributed by atoms with Gasteiger partial charge in [-0.25, -0.2) is 0 Å². The lowest BCUT2D eigenvalue weighted by molar-refractivity contribution is 0.775. The zero-order chi connectivity index (χ0) is 8.15.